The summed E-state index contributed by atoms with van der Waals surface area (Å²) in [4.78, 5) is 17.2. The predicted molar refractivity (Wildman–Crippen MR) is 106 cm³/mol. The van der Waals surface area contributed by atoms with Gasteiger partial charge in [-0.25, -0.2) is 4.99 Å². The van der Waals surface area contributed by atoms with E-state index in [4.69, 9.17) is 4.74 Å². The van der Waals surface area contributed by atoms with Gasteiger partial charge in [-0.3, -0.25) is 4.79 Å². The molecule has 0 aliphatic carbocycles. The summed E-state index contributed by atoms with van der Waals surface area (Å²) >= 11 is 1.22. The third-order valence-electron chi connectivity index (χ3n) is 3.64. The highest BCUT2D eigenvalue weighted by Gasteiger charge is 2.24. The Hall–Kier alpha value is -2.99. The number of thioether (sulfide) groups is 1. The number of carbonyl (C=O) groups is 1. The number of aryl methyl sites for hydroxylation is 1. The molecule has 0 radical (unpaired) electrons. The Morgan fingerprint density at radius 1 is 1.27 bits per heavy atom. The summed E-state index contributed by atoms with van der Waals surface area (Å²) in [5.41, 5.74) is 2.08. The second-order valence-electron chi connectivity index (χ2n) is 5.56. The number of aromatic hydroxyl groups is 1. The van der Waals surface area contributed by atoms with E-state index in [2.05, 4.69) is 16.9 Å². The van der Waals surface area contributed by atoms with E-state index in [0.717, 1.165) is 11.1 Å². The van der Waals surface area contributed by atoms with Crippen LogP contribution in [0.2, 0.25) is 0 Å². The molecule has 0 saturated carbocycles. The number of phenols is 1. The van der Waals surface area contributed by atoms with Crippen LogP contribution < -0.4 is 10.1 Å². The van der Waals surface area contributed by atoms with E-state index < -0.39 is 0 Å². The van der Waals surface area contributed by atoms with Gasteiger partial charge in [-0.05, 0) is 42.5 Å². The zero-order chi connectivity index (χ0) is 18.5. The first-order valence-electron chi connectivity index (χ1n) is 7.99. The first kappa shape index (κ1) is 17.8. The minimum atomic E-state index is -0.236. The Morgan fingerprint density at radius 3 is 2.85 bits per heavy atom. The number of nitrogens with zero attached hydrogens (tertiary/aromatic N) is 1. The number of amides is 1. The van der Waals surface area contributed by atoms with Gasteiger partial charge in [0.2, 0.25) is 0 Å². The molecule has 1 fully saturated rings. The van der Waals surface area contributed by atoms with Gasteiger partial charge >= 0.3 is 0 Å². The van der Waals surface area contributed by atoms with Gasteiger partial charge in [-0.1, -0.05) is 43.0 Å². The third kappa shape index (κ3) is 3.97. The molecule has 1 amide bonds. The normalized spacial score (nSPS) is 16.7. The van der Waals surface area contributed by atoms with Gasteiger partial charge in [-0.2, -0.15) is 0 Å². The van der Waals surface area contributed by atoms with Gasteiger partial charge in [0.25, 0.3) is 5.91 Å². The van der Waals surface area contributed by atoms with Crippen LogP contribution in [0.25, 0.3) is 6.08 Å². The number of hydrogen-bond acceptors (Lipinski definition) is 5. The van der Waals surface area contributed by atoms with Crippen molar-refractivity contribution >= 4 is 34.6 Å². The van der Waals surface area contributed by atoms with E-state index >= 15 is 0 Å². The molecule has 6 heteroatoms. The SMILES string of the molecule is C=CCOc1ccccc1/C=C1\SC(=Nc2c(C)cccc2O)NC1=O. The van der Waals surface area contributed by atoms with Crippen molar-refractivity contribution in [3.05, 3.63) is 71.2 Å². The Balaban J connectivity index is 1.88. The largest absolute Gasteiger partial charge is 0.506 e. The van der Waals surface area contributed by atoms with Crippen LogP contribution in [0.5, 0.6) is 11.5 Å². The highest BCUT2D eigenvalue weighted by atomic mass is 32.2. The molecule has 26 heavy (non-hydrogen) atoms. The molecule has 2 aromatic rings. The Kier molecular flexibility index (Phi) is 5.43. The van der Waals surface area contributed by atoms with Crippen LogP contribution in [0.4, 0.5) is 5.69 Å². The highest BCUT2D eigenvalue weighted by molar-refractivity contribution is 8.18. The Morgan fingerprint density at radius 2 is 2.08 bits per heavy atom. The van der Waals surface area contributed by atoms with Crippen molar-refractivity contribution in [2.24, 2.45) is 4.99 Å². The minimum absolute atomic E-state index is 0.0768. The maximum atomic E-state index is 12.3. The van der Waals surface area contributed by atoms with Crippen molar-refractivity contribution < 1.29 is 14.6 Å². The maximum Gasteiger partial charge on any atom is 0.264 e. The molecule has 1 saturated heterocycles. The topological polar surface area (TPSA) is 70.9 Å². The van der Waals surface area contributed by atoms with Crippen molar-refractivity contribution in [1.29, 1.82) is 0 Å². The molecule has 3 rings (SSSR count). The smallest absolute Gasteiger partial charge is 0.264 e. The zero-order valence-electron chi connectivity index (χ0n) is 14.2. The van der Waals surface area contributed by atoms with Crippen molar-refractivity contribution in [2.45, 2.75) is 6.92 Å². The number of aliphatic imine (C=N–C) groups is 1. The minimum Gasteiger partial charge on any atom is -0.506 e. The van der Waals surface area contributed by atoms with Crippen LogP contribution >= 0.6 is 11.8 Å². The second-order valence-corrected chi connectivity index (χ2v) is 6.59. The number of para-hydroxylation sites is 2. The fraction of sp³-hybridized carbons (Fsp3) is 0.100. The van der Waals surface area contributed by atoms with E-state index in [9.17, 15) is 9.90 Å². The van der Waals surface area contributed by atoms with E-state index in [-0.39, 0.29) is 11.7 Å². The molecule has 2 aromatic carbocycles. The molecule has 0 bridgehead atoms. The van der Waals surface area contributed by atoms with Crippen LogP contribution in [0.3, 0.4) is 0 Å². The molecule has 0 atom stereocenters. The molecular weight excluding hydrogens is 348 g/mol. The van der Waals surface area contributed by atoms with Crippen LogP contribution in [-0.2, 0) is 4.79 Å². The van der Waals surface area contributed by atoms with Crippen LogP contribution in [0.1, 0.15) is 11.1 Å². The fourth-order valence-corrected chi connectivity index (χ4v) is 3.21. The molecular formula is C20H18N2O3S. The first-order valence-corrected chi connectivity index (χ1v) is 8.81. The highest BCUT2D eigenvalue weighted by Crippen LogP contribution is 2.34. The average molecular weight is 366 g/mol. The lowest BCUT2D eigenvalue weighted by Crippen LogP contribution is -2.19. The van der Waals surface area contributed by atoms with Crippen LogP contribution in [-0.4, -0.2) is 22.8 Å². The molecule has 1 aliphatic rings. The van der Waals surface area contributed by atoms with Gasteiger partial charge < -0.3 is 15.2 Å². The van der Waals surface area contributed by atoms with E-state index in [1.165, 1.54) is 11.8 Å². The van der Waals surface area contributed by atoms with E-state index in [0.29, 0.717) is 28.1 Å². The maximum absolute atomic E-state index is 12.3. The number of amidine groups is 1. The fourth-order valence-electron chi connectivity index (χ4n) is 2.39. The predicted octanol–water partition coefficient (Wildman–Crippen LogP) is 4.16. The molecule has 132 valence electrons. The quantitative estimate of drug-likeness (QED) is 0.616. The van der Waals surface area contributed by atoms with Crippen molar-refractivity contribution in [2.75, 3.05) is 6.61 Å². The molecule has 0 aromatic heterocycles. The summed E-state index contributed by atoms with van der Waals surface area (Å²) in [5, 5.41) is 13.1. The van der Waals surface area contributed by atoms with Crippen molar-refractivity contribution in [1.82, 2.24) is 5.32 Å². The van der Waals surface area contributed by atoms with Gasteiger partial charge in [0.05, 0.1) is 4.91 Å². The van der Waals surface area contributed by atoms with Gasteiger partial charge in [0.15, 0.2) is 5.17 Å². The lowest BCUT2D eigenvalue weighted by molar-refractivity contribution is -0.115. The van der Waals surface area contributed by atoms with Gasteiger partial charge in [-0.15, -0.1) is 0 Å². The van der Waals surface area contributed by atoms with Crippen LogP contribution in [0.15, 0.2) is 65.0 Å². The van der Waals surface area contributed by atoms with Gasteiger partial charge in [0, 0.05) is 5.56 Å². The molecule has 0 unspecified atom stereocenters. The summed E-state index contributed by atoms with van der Waals surface area (Å²) < 4.78 is 5.62. The van der Waals surface area contributed by atoms with Crippen LogP contribution in [0, 0.1) is 6.92 Å². The number of ether oxygens (including phenoxy) is 1. The van der Waals surface area contributed by atoms with E-state index in [1.807, 2.05) is 37.3 Å². The number of nitrogens with one attached hydrogen (secondary N) is 1. The number of hydrogen-bond donors (Lipinski definition) is 2. The second kappa shape index (κ2) is 7.93. The molecule has 1 aliphatic heterocycles. The molecule has 5 nitrogen and oxygen atoms in total. The van der Waals surface area contributed by atoms with E-state index in [1.54, 1.807) is 24.3 Å². The lowest BCUT2D eigenvalue weighted by atomic mass is 10.2. The monoisotopic (exact) mass is 366 g/mol. The number of rotatable bonds is 5. The van der Waals surface area contributed by atoms with Crippen molar-refractivity contribution in [3.8, 4) is 11.5 Å². The number of phenolic OH excluding ortho intramolecular Hbond substituents is 1. The number of carbonyl (C=O) groups excluding carboxylic acids is 1. The van der Waals surface area contributed by atoms with Crippen molar-refractivity contribution in [3.63, 3.8) is 0 Å². The standard InChI is InChI=1S/C20H18N2O3S/c1-3-11-25-16-10-5-4-8-14(16)12-17-19(24)22-20(26-17)21-18-13(2)7-6-9-15(18)23/h3-10,12,23H,1,11H2,2H3,(H,21,22,24)/b17-12-. The molecule has 1 heterocycles. The first-order chi connectivity index (χ1) is 12.6. The average Bonchev–Trinajstić information content (AvgIpc) is 2.97. The third-order valence-corrected chi connectivity index (χ3v) is 4.55. The summed E-state index contributed by atoms with van der Waals surface area (Å²) in [7, 11) is 0. The van der Waals surface area contributed by atoms with Gasteiger partial charge in [0.1, 0.15) is 23.8 Å². The Labute approximate surface area is 156 Å². The lowest BCUT2D eigenvalue weighted by Gasteiger charge is -2.06. The summed E-state index contributed by atoms with van der Waals surface area (Å²) in [6.07, 6.45) is 3.43. The molecule has 2 N–H and O–H groups in total. The number of benzene rings is 2. The Bertz CT molecular complexity index is 899. The summed E-state index contributed by atoms with van der Waals surface area (Å²) in [5.74, 6) is 0.517. The summed E-state index contributed by atoms with van der Waals surface area (Å²) in [6.45, 7) is 5.88. The molecule has 0 spiro atoms. The summed E-state index contributed by atoms with van der Waals surface area (Å²) in [6, 6.07) is 12.6. The zero-order valence-corrected chi connectivity index (χ0v) is 15.0.